The normalized spacial score (nSPS) is 12.2. The average molecular weight is 197 g/mol. The molecule has 0 unspecified atom stereocenters. The summed E-state index contributed by atoms with van der Waals surface area (Å²) in [5.41, 5.74) is 0.555. The highest BCUT2D eigenvalue weighted by Gasteiger charge is 2.16. The molecule has 0 aromatic heterocycles. The van der Waals surface area contributed by atoms with Crippen molar-refractivity contribution in [2.24, 2.45) is 0 Å². The Morgan fingerprint density at radius 1 is 1.57 bits per heavy atom. The fourth-order valence-corrected chi connectivity index (χ4v) is 1.08. The van der Waals surface area contributed by atoms with Crippen molar-refractivity contribution >= 4 is 11.7 Å². The van der Waals surface area contributed by atoms with Crippen LogP contribution in [0.4, 0.5) is 10.1 Å². The predicted octanol–water partition coefficient (Wildman–Crippen LogP) is 1.74. The highest BCUT2D eigenvalue weighted by molar-refractivity contribution is 5.77. The molecule has 0 saturated carbocycles. The van der Waals surface area contributed by atoms with E-state index in [-0.39, 0.29) is 5.82 Å². The highest BCUT2D eigenvalue weighted by Crippen LogP contribution is 2.16. The molecular formula is C10H12FNO2. The van der Waals surface area contributed by atoms with Gasteiger partial charge in [0.25, 0.3) is 0 Å². The molecule has 1 rings (SSSR count). The first-order valence-electron chi connectivity index (χ1n) is 4.23. The third kappa shape index (κ3) is 2.22. The average Bonchev–Trinajstić information content (AvgIpc) is 2.15. The molecule has 0 fully saturated rings. The van der Waals surface area contributed by atoms with Gasteiger partial charge in [-0.05, 0) is 25.1 Å². The molecule has 1 atom stereocenters. The SMILES string of the molecule is C[C@@H](C(=O)O)N(C)c1cccc(F)c1. The molecular weight excluding hydrogens is 185 g/mol. The molecule has 1 aromatic rings. The van der Waals surface area contributed by atoms with Crippen molar-refractivity contribution in [1.29, 1.82) is 0 Å². The maximum Gasteiger partial charge on any atom is 0.326 e. The lowest BCUT2D eigenvalue weighted by Crippen LogP contribution is -2.35. The number of aliphatic carboxylic acids is 1. The number of carbonyl (C=O) groups is 1. The van der Waals surface area contributed by atoms with Crippen LogP contribution in [0.3, 0.4) is 0 Å². The van der Waals surface area contributed by atoms with E-state index in [4.69, 9.17) is 5.11 Å². The molecule has 4 heteroatoms. The third-order valence-corrected chi connectivity index (χ3v) is 2.15. The van der Waals surface area contributed by atoms with Crippen LogP contribution in [0, 0.1) is 5.82 Å². The van der Waals surface area contributed by atoms with E-state index in [1.807, 2.05) is 0 Å². The number of hydrogen-bond acceptors (Lipinski definition) is 2. The first kappa shape index (κ1) is 10.5. The number of halogens is 1. The number of benzene rings is 1. The van der Waals surface area contributed by atoms with Crippen LogP contribution in [0.5, 0.6) is 0 Å². The van der Waals surface area contributed by atoms with Gasteiger partial charge in [-0.2, -0.15) is 0 Å². The minimum Gasteiger partial charge on any atom is -0.480 e. The van der Waals surface area contributed by atoms with Gasteiger partial charge in [-0.1, -0.05) is 6.07 Å². The molecule has 0 bridgehead atoms. The van der Waals surface area contributed by atoms with Gasteiger partial charge in [-0.3, -0.25) is 0 Å². The van der Waals surface area contributed by atoms with Crippen LogP contribution >= 0.6 is 0 Å². The molecule has 0 amide bonds. The molecule has 0 aliphatic heterocycles. The molecule has 0 saturated heterocycles. The monoisotopic (exact) mass is 197 g/mol. The number of anilines is 1. The fraction of sp³-hybridized carbons (Fsp3) is 0.300. The Morgan fingerprint density at radius 2 is 2.21 bits per heavy atom. The van der Waals surface area contributed by atoms with E-state index in [1.165, 1.54) is 17.0 Å². The van der Waals surface area contributed by atoms with E-state index in [9.17, 15) is 9.18 Å². The van der Waals surface area contributed by atoms with Crippen molar-refractivity contribution in [3.63, 3.8) is 0 Å². The molecule has 3 nitrogen and oxygen atoms in total. The van der Waals surface area contributed by atoms with Crippen molar-refractivity contribution < 1.29 is 14.3 Å². The van der Waals surface area contributed by atoms with Gasteiger partial charge in [-0.25, -0.2) is 9.18 Å². The van der Waals surface area contributed by atoms with Crippen LogP contribution in [-0.2, 0) is 4.79 Å². The molecule has 76 valence electrons. The summed E-state index contributed by atoms with van der Waals surface area (Å²) in [6.07, 6.45) is 0. The van der Waals surface area contributed by atoms with Crippen LogP contribution in [0.15, 0.2) is 24.3 Å². The topological polar surface area (TPSA) is 40.5 Å². The number of carboxylic acids is 1. The number of rotatable bonds is 3. The van der Waals surface area contributed by atoms with Crippen LogP contribution in [0.2, 0.25) is 0 Å². The fourth-order valence-electron chi connectivity index (χ4n) is 1.08. The van der Waals surface area contributed by atoms with Crippen LogP contribution in [0.1, 0.15) is 6.92 Å². The van der Waals surface area contributed by atoms with Gasteiger partial charge in [0.1, 0.15) is 11.9 Å². The number of carboxylic acid groups (broad SMARTS) is 1. The molecule has 0 radical (unpaired) electrons. The largest absolute Gasteiger partial charge is 0.480 e. The zero-order valence-electron chi connectivity index (χ0n) is 8.07. The molecule has 0 aliphatic carbocycles. The second kappa shape index (κ2) is 4.09. The van der Waals surface area contributed by atoms with E-state index in [0.717, 1.165) is 0 Å². The summed E-state index contributed by atoms with van der Waals surface area (Å²) in [6.45, 7) is 1.55. The van der Waals surface area contributed by atoms with Gasteiger partial charge < -0.3 is 10.0 Å². The lowest BCUT2D eigenvalue weighted by Gasteiger charge is -2.23. The molecule has 0 aliphatic rings. The van der Waals surface area contributed by atoms with Crippen molar-refractivity contribution in [1.82, 2.24) is 0 Å². The quantitative estimate of drug-likeness (QED) is 0.802. The lowest BCUT2D eigenvalue weighted by molar-refractivity contribution is -0.138. The summed E-state index contributed by atoms with van der Waals surface area (Å²) in [5.74, 6) is -1.30. The van der Waals surface area contributed by atoms with Crippen LogP contribution < -0.4 is 4.90 Å². The smallest absolute Gasteiger partial charge is 0.326 e. The zero-order valence-corrected chi connectivity index (χ0v) is 8.07. The molecule has 14 heavy (non-hydrogen) atoms. The van der Waals surface area contributed by atoms with Gasteiger partial charge in [0.2, 0.25) is 0 Å². The maximum absolute atomic E-state index is 12.8. The summed E-state index contributed by atoms with van der Waals surface area (Å²) < 4.78 is 12.8. The molecule has 0 spiro atoms. The van der Waals surface area contributed by atoms with E-state index in [0.29, 0.717) is 5.69 Å². The summed E-state index contributed by atoms with van der Waals surface area (Å²) >= 11 is 0. The summed E-state index contributed by atoms with van der Waals surface area (Å²) in [5, 5.41) is 8.75. The van der Waals surface area contributed by atoms with Gasteiger partial charge in [0, 0.05) is 12.7 Å². The van der Waals surface area contributed by atoms with E-state index in [2.05, 4.69) is 0 Å². The summed E-state index contributed by atoms with van der Waals surface area (Å²) in [7, 11) is 1.62. The second-order valence-electron chi connectivity index (χ2n) is 3.10. The highest BCUT2D eigenvalue weighted by atomic mass is 19.1. The van der Waals surface area contributed by atoms with Crippen molar-refractivity contribution in [3.05, 3.63) is 30.1 Å². The van der Waals surface area contributed by atoms with Crippen LogP contribution in [-0.4, -0.2) is 24.2 Å². The summed E-state index contributed by atoms with van der Waals surface area (Å²) in [4.78, 5) is 12.2. The third-order valence-electron chi connectivity index (χ3n) is 2.15. The lowest BCUT2D eigenvalue weighted by atomic mass is 10.2. The first-order chi connectivity index (χ1) is 6.52. The molecule has 1 N–H and O–H groups in total. The Labute approximate surface area is 81.8 Å². The van der Waals surface area contributed by atoms with E-state index in [1.54, 1.807) is 26.1 Å². The number of nitrogens with zero attached hydrogens (tertiary/aromatic N) is 1. The Morgan fingerprint density at radius 3 is 2.71 bits per heavy atom. The maximum atomic E-state index is 12.8. The second-order valence-corrected chi connectivity index (χ2v) is 3.10. The van der Waals surface area contributed by atoms with E-state index < -0.39 is 12.0 Å². The van der Waals surface area contributed by atoms with E-state index >= 15 is 0 Å². The van der Waals surface area contributed by atoms with Gasteiger partial charge in [-0.15, -0.1) is 0 Å². The zero-order chi connectivity index (χ0) is 10.7. The van der Waals surface area contributed by atoms with Crippen molar-refractivity contribution in [2.75, 3.05) is 11.9 Å². The summed E-state index contributed by atoms with van der Waals surface area (Å²) in [6, 6.07) is 5.18. The molecule has 1 aromatic carbocycles. The number of likely N-dealkylation sites (N-methyl/N-ethyl adjacent to an activating group) is 1. The minimum absolute atomic E-state index is 0.369. The molecule has 0 heterocycles. The Hall–Kier alpha value is -1.58. The van der Waals surface area contributed by atoms with Crippen LogP contribution in [0.25, 0.3) is 0 Å². The first-order valence-corrected chi connectivity index (χ1v) is 4.23. The Kier molecular flexibility index (Phi) is 3.06. The minimum atomic E-state index is -0.934. The Bertz CT molecular complexity index is 341. The van der Waals surface area contributed by atoms with Crippen molar-refractivity contribution in [3.8, 4) is 0 Å². The standard InChI is InChI=1S/C10H12FNO2/c1-7(10(13)14)12(2)9-5-3-4-8(11)6-9/h3-7H,1-2H3,(H,13,14)/t7-/m0/s1. The predicted molar refractivity (Wildman–Crippen MR) is 51.9 cm³/mol. The van der Waals surface area contributed by atoms with Crippen molar-refractivity contribution in [2.45, 2.75) is 13.0 Å². The van der Waals surface area contributed by atoms with Gasteiger partial charge in [0.05, 0.1) is 0 Å². The number of hydrogen-bond donors (Lipinski definition) is 1. The van der Waals surface area contributed by atoms with Gasteiger partial charge in [0.15, 0.2) is 0 Å². The van der Waals surface area contributed by atoms with Gasteiger partial charge >= 0.3 is 5.97 Å². The Balaban J connectivity index is 2.89.